The lowest BCUT2D eigenvalue weighted by atomic mass is 10.2. The van der Waals surface area contributed by atoms with E-state index in [0.29, 0.717) is 58.2 Å². The Balaban J connectivity index is 1.25. The van der Waals surface area contributed by atoms with Crippen LogP contribution in [-0.4, -0.2) is 51.5 Å². The fraction of sp³-hybridized carbons (Fsp3) is 0.261. The van der Waals surface area contributed by atoms with E-state index >= 15 is 0 Å². The molecular formula is C23H20Cl2FN5O2. The SMILES string of the molecule is O=C(CCn1cnc2c([nH]c3ccc(F)cc32)c1=O)N1CCN(c2cccc(Cl)c2Cl)CC1. The van der Waals surface area contributed by atoms with Crippen molar-refractivity contribution in [1.82, 2.24) is 19.4 Å². The number of hydrogen-bond acceptors (Lipinski definition) is 4. The van der Waals surface area contributed by atoms with Crippen LogP contribution in [0.2, 0.25) is 10.0 Å². The second-order valence-corrected chi connectivity index (χ2v) is 8.76. The van der Waals surface area contributed by atoms with Gasteiger partial charge in [0, 0.05) is 50.0 Å². The summed E-state index contributed by atoms with van der Waals surface area (Å²) in [6, 6.07) is 9.78. The number of fused-ring (bicyclic) bond motifs is 3. The number of halogens is 3. The molecule has 0 spiro atoms. The number of aromatic amines is 1. The minimum absolute atomic E-state index is 0.0300. The Hall–Kier alpha value is -3.10. The third-order valence-electron chi connectivity index (χ3n) is 6.01. The molecule has 5 rings (SSSR count). The van der Waals surface area contributed by atoms with Gasteiger partial charge in [-0.15, -0.1) is 0 Å². The monoisotopic (exact) mass is 487 g/mol. The molecule has 2 aromatic heterocycles. The molecule has 1 amide bonds. The standard InChI is InChI=1S/C23H20Cl2FN5O2/c24-16-2-1-3-18(20(16)25)29-8-10-30(11-9-29)19(32)6-7-31-13-27-21-15-12-14(26)4-5-17(15)28-22(21)23(31)33/h1-5,12-13,28H,6-11H2. The lowest BCUT2D eigenvalue weighted by Crippen LogP contribution is -2.49. The van der Waals surface area contributed by atoms with Gasteiger partial charge in [0.1, 0.15) is 16.9 Å². The van der Waals surface area contributed by atoms with E-state index in [4.69, 9.17) is 23.2 Å². The zero-order chi connectivity index (χ0) is 23.1. The molecule has 7 nitrogen and oxygen atoms in total. The van der Waals surface area contributed by atoms with Crippen LogP contribution in [0.4, 0.5) is 10.1 Å². The summed E-state index contributed by atoms with van der Waals surface area (Å²) in [4.78, 5) is 36.9. The minimum Gasteiger partial charge on any atom is -0.367 e. The molecule has 0 atom stereocenters. The zero-order valence-electron chi connectivity index (χ0n) is 17.5. The highest BCUT2D eigenvalue weighted by Gasteiger charge is 2.23. The smallest absolute Gasteiger partial charge is 0.277 e. The molecule has 3 heterocycles. The average molecular weight is 488 g/mol. The van der Waals surface area contributed by atoms with Crippen LogP contribution in [0.25, 0.3) is 21.9 Å². The second kappa shape index (κ2) is 8.68. The molecule has 1 saturated heterocycles. The first-order chi connectivity index (χ1) is 15.9. The first kappa shape index (κ1) is 21.7. The summed E-state index contributed by atoms with van der Waals surface area (Å²) in [7, 11) is 0. The van der Waals surface area contributed by atoms with E-state index in [-0.39, 0.29) is 24.4 Å². The number of aryl methyl sites for hydroxylation is 1. The van der Waals surface area contributed by atoms with Gasteiger partial charge in [-0.2, -0.15) is 0 Å². The Bertz CT molecular complexity index is 1430. The van der Waals surface area contributed by atoms with Crippen molar-refractivity contribution in [2.75, 3.05) is 31.1 Å². The predicted molar refractivity (Wildman–Crippen MR) is 128 cm³/mol. The number of H-pyrrole nitrogens is 1. The molecule has 0 aliphatic carbocycles. The van der Waals surface area contributed by atoms with Crippen molar-refractivity contribution in [3.63, 3.8) is 0 Å². The minimum atomic E-state index is -0.391. The van der Waals surface area contributed by atoms with E-state index in [0.717, 1.165) is 5.69 Å². The third kappa shape index (κ3) is 4.05. The molecule has 1 aliphatic rings. The molecular weight excluding hydrogens is 468 g/mol. The number of hydrogen-bond donors (Lipinski definition) is 1. The highest BCUT2D eigenvalue weighted by molar-refractivity contribution is 6.43. The van der Waals surface area contributed by atoms with Gasteiger partial charge in [0.25, 0.3) is 5.56 Å². The van der Waals surface area contributed by atoms with Crippen LogP contribution in [0, 0.1) is 5.82 Å². The molecule has 1 fully saturated rings. The molecule has 170 valence electrons. The van der Waals surface area contributed by atoms with Gasteiger partial charge in [-0.05, 0) is 30.3 Å². The maximum absolute atomic E-state index is 13.6. The number of anilines is 1. The lowest BCUT2D eigenvalue weighted by molar-refractivity contribution is -0.131. The van der Waals surface area contributed by atoms with E-state index in [2.05, 4.69) is 14.9 Å². The van der Waals surface area contributed by atoms with Crippen molar-refractivity contribution in [2.45, 2.75) is 13.0 Å². The van der Waals surface area contributed by atoms with Crippen LogP contribution >= 0.6 is 23.2 Å². The van der Waals surface area contributed by atoms with Crippen molar-refractivity contribution >= 4 is 56.7 Å². The maximum Gasteiger partial charge on any atom is 0.277 e. The highest BCUT2D eigenvalue weighted by atomic mass is 35.5. The van der Waals surface area contributed by atoms with Gasteiger partial charge in [0.2, 0.25) is 5.91 Å². The van der Waals surface area contributed by atoms with Crippen LogP contribution in [0.3, 0.4) is 0 Å². The molecule has 4 aromatic rings. The summed E-state index contributed by atoms with van der Waals surface area (Å²) in [5, 5.41) is 1.58. The molecule has 33 heavy (non-hydrogen) atoms. The van der Waals surface area contributed by atoms with E-state index in [1.54, 1.807) is 17.0 Å². The van der Waals surface area contributed by atoms with Gasteiger partial charge in [-0.1, -0.05) is 29.3 Å². The van der Waals surface area contributed by atoms with Crippen molar-refractivity contribution in [3.8, 4) is 0 Å². The van der Waals surface area contributed by atoms with Crippen molar-refractivity contribution < 1.29 is 9.18 Å². The highest BCUT2D eigenvalue weighted by Crippen LogP contribution is 2.33. The molecule has 0 bridgehead atoms. The number of amides is 1. The van der Waals surface area contributed by atoms with Gasteiger partial charge in [0.15, 0.2) is 0 Å². The van der Waals surface area contributed by atoms with Gasteiger partial charge in [-0.3, -0.25) is 14.2 Å². The average Bonchev–Trinajstić information content (AvgIpc) is 3.19. The summed E-state index contributed by atoms with van der Waals surface area (Å²) in [6.07, 6.45) is 1.59. The van der Waals surface area contributed by atoms with Crippen molar-refractivity contribution in [3.05, 3.63) is 68.9 Å². The summed E-state index contributed by atoms with van der Waals surface area (Å²) >= 11 is 12.4. The van der Waals surface area contributed by atoms with Crippen LogP contribution in [0.15, 0.2) is 47.5 Å². The number of benzene rings is 2. The summed E-state index contributed by atoms with van der Waals surface area (Å²) in [5.41, 5.74) is 1.94. The van der Waals surface area contributed by atoms with Crippen LogP contribution in [-0.2, 0) is 11.3 Å². The summed E-state index contributed by atoms with van der Waals surface area (Å²) < 4.78 is 15.0. The normalized spacial score (nSPS) is 14.4. The van der Waals surface area contributed by atoms with Gasteiger partial charge in [0.05, 0.1) is 22.1 Å². The third-order valence-corrected chi connectivity index (χ3v) is 6.81. The molecule has 1 aliphatic heterocycles. The number of rotatable bonds is 4. The van der Waals surface area contributed by atoms with Gasteiger partial charge >= 0.3 is 0 Å². The number of carbonyl (C=O) groups excluding carboxylic acids is 1. The molecule has 1 N–H and O–H groups in total. The van der Waals surface area contributed by atoms with E-state index in [9.17, 15) is 14.0 Å². The van der Waals surface area contributed by atoms with Crippen molar-refractivity contribution in [2.24, 2.45) is 0 Å². The fourth-order valence-electron chi connectivity index (χ4n) is 4.23. The van der Waals surface area contributed by atoms with Crippen LogP contribution in [0.5, 0.6) is 0 Å². The second-order valence-electron chi connectivity index (χ2n) is 7.97. The number of nitrogens with zero attached hydrogens (tertiary/aromatic N) is 4. The number of piperazine rings is 1. The Kier molecular flexibility index (Phi) is 5.72. The topological polar surface area (TPSA) is 74.2 Å². The van der Waals surface area contributed by atoms with Gasteiger partial charge in [-0.25, -0.2) is 9.37 Å². The van der Waals surface area contributed by atoms with E-state index in [1.165, 1.54) is 23.0 Å². The Labute approximate surface area is 198 Å². The first-order valence-electron chi connectivity index (χ1n) is 10.6. The maximum atomic E-state index is 13.6. The van der Waals surface area contributed by atoms with Crippen LogP contribution in [0.1, 0.15) is 6.42 Å². The fourth-order valence-corrected chi connectivity index (χ4v) is 4.64. The molecule has 0 unspecified atom stereocenters. The van der Waals surface area contributed by atoms with Gasteiger partial charge < -0.3 is 14.8 Å². The Morgan fingerprint density at radius 3 is 2.70 bits per heavy atom. The quantitative estimate of drug-likeness (QED) is 0.470. The Morgan fingerprint density at radius 1 is 1.12 bits per heavy atom. The lowest BCUT2D eigenvalue weighted by Gasteiger charge is -2.36. The zero-order valence-corrected chi connectivity index (χ0v) is 19.0. The molecule has 0 saturated carbocycles. The summed E-state index contributed by atoms with van der Waals surface area (Å²) in [6.45, 7) is 2.61. The number of carbonyl (C=O) groups is 1. The van der Waals surface area contributed by atoms with Crippen molar-refractivity contribution in [1.29, 1.82) is 0 Å². The number of nitrogens with one attached hydrogen (secondary N) is 1. The molecule has 2 aromatic carbocycles. The molecule has 0 radical (unpaired) electrons. The van der Waals surface area contributed by atoms with Crippen LogP contribution < -0.4 is 10.5 Å². The van der Waals surface area contributed by atoms with E-state index < -0.39 is 5.82 Å². The largest absolute Gasteiger partial charge is 0.367 e. The predicted octanol–water partition coefficient (Wildman–Crippen LogP) is 4.06. The van der Waals surface area contributed by atoms with E-state index in [1.807, 2.05) is 12.1 Å². The molecule has 10 heteroatoms. The summed E-state index contributed by atoms with van der Waals surface area (Å²) in [5.74, 6) is -0.421. The number of aromatic nitrogens is 3. The first-order valence-corrected chi connectivity index (χ1v) is 11.3. The Morgan fingerprint density at radius 2 is 1.91 bits per heavy atom.